The fraction of sp³-hybridized carbons (Fsp3) is 0.429. The molecule has 0 aromatic carbocycles. The molecule has 1 heterocycles. The molecule has 0 bridgehead atoms. The summed E-state index contributed by atoms with van der Waals surface area (Å²) in [7, 11) is 0. The van der Waals surface area contributed by atoms with Crippen LogP contribution in [0.5, 0.6) is 0 Å². The Morgan fingerprint density at radius 2 is 2.21 bits per heavy atom. The first-order chi connectivity index (χ1) is 6.50. The van der Waals surface area contributed by atoms with Gasteiger partial charge in [0.05, 0.1) is 6.54 Å². The first-order valence-electron chi connectivity index (χ1n) is 3.69. The first kappa shape index (κ1) is 10.6. The van der Waals surface area contributed by atoms with E-state index in [1.54, 1.807) is 0 Å². The van der Waals surface area contributed by atoms with Gasteiger partial charge in [0.1, 0.15) is 0 Å². The topological polar surface area (TPSA) is 55.1 Å². The van der Waals surface area contributed by atoms with Crippen LogP contribution in [-0.2, 0) is 6.54 Å². The van der Waals surface area contributed by atoms with Gasteiger partial charge < -0.3 is 5.11 Å². The van der Waals surface area contributed by atoms with Crippen molar-refractivity contribution in [1.29, 1.82) is 0 Å². The van der Waals surface area contributed by atoms with Crippen LogP contribution in [0, 0.1) is 0 Å². The lowest BCUT2D eigenvalue weighted by Crippen LogP contribution is -2.20. The monoisotopic (exact) mass is 208 g/mol. The highest BCUT2D eigenvalue weighted by Gasteiger charge is 2.20. The fourth-order valence-electron chi connectivity index (χ4n) is 0.836. The summed E-state index contributed by atoms with van der Waals surface area (Å²) in [6.45, 7) is -0.648. The molecule has 1 atom stereocenters. The van der Waals surface area contributed by atoms with E-state index in [1.165, 1.54) is 0 Å². The van der Waals surface area contributed by atoms with Crippen LogP contribution in [0.4, 0.5) is 13.2 Å². The second-order valence-corrected chi connectivity index (χ2v) is 2.58. The zero-order chi connectivity index (χ0) is 10.7. The first-order valence-corrected chi connectivity index (χ1v) is 3.69. The van der Waals surface area contributed by atoms with E-state index in [4.69, 9.17) is 5.11 Å². The highest BCUT2D eigenvalue weighted by atomic mass is 19.3. The van der Waals surface area contributed by atoms with Crippen LogP contribution in [0.3, 0.4) is 0 Å². The molecular weight excluding hydrogens is 201 g/mol. The van der Waals surface area contributed by atoms with Crippen LogP contribution in [0.25, 0.3) is 0 Å². The highest BCUT2D eigenvalue weighted by Crippen LogP contribution is 2.08. The van der Waals surface area contributed by atoms with Gasteiger partial charge in [0.25, 0.3) is 6.43 Å². The summed E-state index contributed by atoms with van der Waals surface area (Å²) in [6, 6.07) is 1.11. The lowest BCUT2D eigenvalue weighted by Gasteiger charge is -2.05. The third kappa shape index (κ3) is 2.48. The number of hydrogen-bond donors (Lipinski definition) is 1. The van der Waals surface area contributed by atoms with Crippen molar-refractivity contribution < 1.29 is 23.1 Å². The van der Waals surface area contributed by atoms with Crippen LogP contribution in [0.1, 0.15) is 10.5 Å². The molecule has 0 aliphatic carbocycles. The SMILES string of the molecule is O=C(O)c1ccn(CC(F)C(F)F)n1. The van der Waals surface area contributed by atoms with Gasteiger partial charge in [-0.05, 0) is 6.07 Å². The minimum Gasteiger partial charge on any atom is -0.476 e. The molecule has 0 radical (unpaired) electrons. The molecule has 1 N–H and O–H groups in total. The van der Waals surface area contributed by atoms with Crippen molar-refractivity contribution in [2.24, 2.45) is 0 Å². The third-order valence-corrected chi connectivity index (χ3v) is 1.49. The van der Waals surface area contributed by atoms with Crippen molar-refractivity contribution in [1.82, 2.24) is 9.78 Å². The molecular formula is C7H7F3N2O2. The Balaban J connectivity index is 2.64. The molecule has 4 nitrogen and oxygen atoms in total. The Labute approximate surface area is 77.0 Å². The maximum absolute atomic E-state index is 12.5. The Kier molecular flexibility index (Phi) is 3.10. The van der Waals surface area contributed by atoms with E-state index in [0.717, 1.165) is 16.9 Å². The van der Waals surface area contributed by atoms with Gasteiger partial charge in [-0.1, -0.05) is 0 Å². The minimum absolute atomic E-state index is 0.300. The van der Waals surface area contributed by atoms with Crippen LogP contribution in [-0.4, -0.2) is 33.5 Å². The van der Waals surface area contributed by atoms with Crippen LogP contribution < -0.4 is 0 Å². The molecule has 1 aromatic rings. The van der Waals surface area contributed by atoms with E-state index in [2.05, 4.69) is 5.10 Å². The van der Waals surface area contributed by atoms with Gasteiger partial charge in [0.2, 0.25) is 0 Å². The lowest BCUT2D eigenvalue weighted by atomic mass is 10.4. The molecule has 0 saturated carbocycles. The molecule has 0 spiro atoms. The summed E-state index contributed by atoms with van der Waals surface area (Å²) in [6.07, 6.45) is -4.29. The van der Waals surface area contributed by atoms with Crippen molar-refractivity contribution in [3.63, 3.8) is 0 Å². The molecule has 78 valence electrons. The Bertz CT molecular complexity index is 326. The standard InChI is InChI=1S/C7H7F3N2O2/c8-4(6(9)10)3-12-2-1-5(11-12)7(13)14/h1-2,4,6H,3H2,(H,13,14). The lowest BCUT2D eigenvalue weighted by molar-refractivity contribution is 0.0385. The Morgan fingerprint density at radius 3 is 2.64 bits per heavy atom. The van der Waals surface area contributed by atoms with Gasteiger partial charge >= 0.3 is 5.97 Å². The molecule has 0 fully saturated rings. The second kappa shape index (κ2) is 4.12. The van der Waals surface area contributed by atoms with Crippen molar-refractivity contribution in [3.8, 4) is 0 Å². The van der Waals surface area contributed by atoms with E-state index < -0.39 is 25.1 Å². The van der Waals surface area contributed by atoms with Gasteiger partial charge in [-0.2, -0.15) is 5.10 Å². The summed E-state index contributed by atoms with van der Waals surface area (Å²) in [5.74, 6) is -1.28. The normalized spacial score (nSPS) is 13.1. The van der Waals surface area contributed by atoms with Gasteiger partial charge in [-0.25, -0.2) is 18.0 Å². The maximum Gasteiger partial charge on any atom is 0.356 e. The largest absolute Gasteiger partial charge is 0.476 e. The summed E-state index contributed by atoms with van der Waals surface area (Å²) in [4.78, 5) is 10.3. The predicted octanol–water partition coefficient (Wildman–Crippen LogP) is 1.18. The average molecular weight is 208 g/mol. The molecule has 0 saturated heterocycles. The van der Waals surface area contributed by atoms with Gasteiger partial charge in [0.15, 0.2) is 11.9 Å². The Hall–Kier alpha value is -1.53. The van der Waals surface area contributed by atoms with Crippen LogP contribution >= 0.6 is 0 Å². The summed E-state index contributed by atoms with van der Waals surface area (Å²) < 4.78 is 36.8. The zero-order valence-corrected chi connectivity index (χ0v) is 6.90. The molecule has 1 aromatic heterocycles. The molecule has 7 heteroatoms. The van der Waals surface area contributed by atoms with Gasteiger partial charge in [-0.15, -0.1) is 0 Å². The van der Waals surface area contributed by atoms with Crippen molar-refractivity contribution >= 4 is 5.97 Å². The number of hydrogen-bond acceptors (Lipinski definition) is 2. The van der Waals surface area contributed by atoms with Gasteiger partial charge in [0, 0.05) is 6.20 Å². The summed E-state index contributed by atoms with van der Waals surface area (Å²) >= 11 is 0. The molecule has 1 unspecified atom stereocenters. The quantitative estimate of drug-likeness (QED) is 0.808. The molecule has 0 aliphatic heterocycles. The van der Waals surface area contributed by atoms with Crippen molar-refractivity contribution in [3.05, 3.63) is 18.0 Å². The van der Waals surface area contributed by atoms with Crippen molar-refractivity contribution in [2.75, 3.05) is 0 Å². The van der Waals surface area contributed by atoms with Gasteiger partial charge in [-0.3, -0.25) is 4.68 Å². The number of aromatic nitrogens is 2. The minimum atomic E-state index is -3.09. The van der Waals surface area contributed by atoms with Crippen LogP contribution in [0.15, 0.2) is 12.3 Å². The number of alkyl halides is 3. The average Bonchev–Trinajstić information content (AvgIpc) is 2.52. The van der Waals surface area contributed by atoms with E-state index in [9.17, 15) is 18.0 Å². The highest BCUT2D eigenvalue weighted by molar-refractivity contribution is 5.84. The number of nitrogens with zero attached hydrogens (tertiary/aromatic N) is 2. The van der Waals surface area contributed by atoms with E-state index >= 15 is 0 Å². The number of aromatic carboxylic acids is 1. The number of carboxylic acids is 1. The molecule has 14 heavy (non-hydrogen) atoms. The maximum atomic E-state index is 12.5. The number of rotatable bonds is 4. The van der Waals surface area contributed by atoms with Crippen LogP contribution in [0.2, 0.25) is 0 Å². The van der Waals surface area contributed by atoms with E-state index in [1.807, 2.05) is 0 Å². The fourth-order valence-corrected chi connectivity index (χ4v) is 0.836. The summed E-state index contributed by atoms with van der Waals surface area (Å²) in [5.41, 5.74) is -0.300. The summed E-state index contributed by atoms with van der Waals surface area (Å²) in [5, 5.41) is 11.8. The predicted molar refractivity (Wildman–Crippen MR) is 40.1 cm³/mol. The molecule has 0 aliphatic rings. The second-order valence-electron chi connectivity index (χ2n) is 2.58. The number of carboxylic acid groups (broad SMARTS) is 1. The number of halogens is 3. The number of carbonyl (C=O) groups is 1. The smallest absolute Gasteiger partial charge is 0.356 e. The van der Waals surface area contributed by atoms with E-state index in [0.29, 0.717) is 0 Å². The van der Waals surface area contributed by atoms with Crippen molar-refractivity contribution in [2.45, 2.75) is 19.1 Å². The molecule has 1 rings (SSSR count). The Morgan fingerprint density at radius 1 is 1.57 bits per heavy atom. The zero-order valence-electron chi connectivity index (χ0n) is 6.90. The third-order valence-electron chi connectivity index (χ3n) is 1.49. The van der Waals surface area contributed by atoms with E-state index in [-0.39, 0.29) is 5.69 Å². The molecule has 0 amide bonds.